The number of likely N-dealkylation sites (tertiary alicyclic amines) is 1. The maximum Gasteiger partial charge on any atom is 0.178 e. The standard InChI is InChI=1S/C26H30N6O/c27-23-18-22(24-25(28-23)30-31-29-24)21(19-8-3-1-4-9-19)12-7-15-32-16-13-26(33,14-17-32)20-10-5-2-6-11-20/h1-6,8-11,18,21,33H,7,12-17H2,(H3,27,28,29,30,31). The summed E-state index contributed by atoms with van der Waals surface area (Å²) in [5, 5.41) is 22.2. The van der Waals surface area contributed by atoms with Crippen molar-refractivity contribution in [1.29, 1.82) is 0 Å². The average molecular weight is 443 g/mol. The summed E-state index contributed by atoms with van der Waals surface area (Å²) >= 11 is 0. The van der Waals surface area contributed by atoms with E-state index >= 15 is 0 Å². The Hall–Kier alpha value is -3.29. The summed E-state index contributed by atoms with van der Waals surface area (Å²) in [6.45, 7) is 2.80. The minimum absolute atomic E-state index is 0.162. The number of nitrogens with two attached hydrogens (primary N) is 1. The second-order valence-corrected chi connectivity index (χ2v) is 8.99. The van der Waals surface area contributed by atoms with Crippen LogP contribution in [0.25, 0.3) is 11.2 Å². The van der Waals surface area contributed by atoms with Crippen LogP contribution in [0.3, 0.4) is 0 Å². The van der Waals surface area contributed by atoms with E-state index in [2.05, 4.69) is 49.6 Å². The van der Waals surface area contributed by atoms with E-state index in [1.807, 2.05) is 42.5 Å². The van der Waals surface area contributed by atoms with Gasteiger partial charge in [0.25, 0.3) is 0 Å². The highest BCUT2D eigenvalue weighted by atomic mass is 16.3. The molecule has 1 saturated heterocycles. The van der Waals surface area contributed by atoms with Crippen LogP contribution in [0.1, 0.15) is 48.3 Å². The Balaban J connectivity index is 1.27. The van der Waals surface area contributed by atoms with Crippen molar-refractivity contribution < 1.29 is 5.11 Å². The van der Waals surface area contributed by atoms with Crippen LogP contribution in [-0.2, 0) is 5.60 Å². The van der Waals surface area contributed by atoms with Gasteiger partial charge in [-0.2, -0.15) is 0 Å². The number of pyridine rings is 1. The van der Waals surface area contributed by atoms with Crippen molar-refractivity contribution >= 4 is 17.0 Å². The molecule has 0 spiro atoms. The number of piperidine rings is 1. The van der Waals surface area contributed by atoms with Crippen molar-refractivity contribution in [2.45, 2.75) is 37.2 Å². The molecule has 1 aliphatic heterocycles. The minimum atomic E-state index is -0.711. The number of hydrogen-bond donors (Lipinski definition) is 3. The third kappa shape index (κ3) is 4.60. The van der Waals surface area contributed by atoms with Gasteiger partial charge in [-0.15, -0.1) is 5.10 Å². The Morgan fingerprint density at radius 3 is 2.45 bits per heavy atom. The van der Waals surface area contributed by atoms with Gasteiger partial charge in [0, 0.05) is 19.0 Å². The van der Waals surface area contributed by atoms with Gasteiger partial charge >= 0.3 is 0 Å². The number of aromatic nitrogens is 4. The number of nitrogens with one attached hydrogen (secondary N) is 1. The van der Waals surface area contributed by atoms with E-state index in [-0.39, 0.29) is 5.92 Å². The highest BCUT2D eigenvalue weighted by Gasteiger charge is 2.33. The minimum Gasteiger partial charge on any atom is -0.385 e. The topological polar surface area (TPSA) is 104 Å². The predicted octanol–water partition coefficient (Wildman–Crippen LogP) is 3.83. The van der Waals surface area contributed by atoms with Gasteiger partial charge in [-0.05, 0) is 55.0 Å². The van der Waals surface area contributed by atoms with Gasteiger partial charge < -0.3 is 15.7 Å². The van der Waals surface area contributed by atoms with E-state index in [0.717, 1.165) is 62.0 Å². The molecule has 1 unspecified atom stereocenters. The molecule has 0 radical (unpaired) electrons. The highest BCUT2D eigenvalue weighted by molar-refractivity contribution is 5.77. The molecule has 33 heavy (non-hydrogen) atoms. The lowest BCUT2D eigenvalue weighted by molar-refractivity contribution is -0.0261. The highest BCUT2D eigenvalue weighted by Crippen LogP contribution is 2.35. The molecular weight excluding hydrogens is 412 g/mol. The second-order valence-electron chi connectivity index (χ2n) is 8.99. The van der Waals surface area contributed by atoms with E-state index in [1.165, 1.54) is 5.56 Å². The van der Waals surface area contributed by atoms with E-state index in [1.54, 1.807) is 0 Å². The first-order valence-electron chi connectivity index (χ1n) is 11.6. The molecule has 170 valence electrons. The molecule has 5 rings (SSSR count). The molecule has 2 aromatic carbocycles. The quantitative estimate of drug-likeness (QED) is 0.402. The zero-order valence-corrected chi connectivity index (χ0v) is 18.7. The van der Waals surface area contributed by atoms with Crippen molar-refractivity contribution in [3.8, 4) is 0 Å². The van der Waals surface area contributed by atoms with Crippen molar-refractivity contribution in [3.63, 3.8) is 0 Å². The monoisotopic (exact) mass is 442 g/mol. The summed E-state index contributed by atoms with van der Waals surface area (Å²) in [7, 11) is 0. The summed E-state index contributed by atoms with van der Waals surface area (Å²) in [6, 6.07) is 22.5. The van der Waals surface area contributed by atoms with Gasteiger partial charge in [0.1, 0.15) is 11.3 Å². The van der Waals surface area contributed by atoms with E-state index in [0.29, 0.717) is 11.5 Å². The number of benzene rings is 2. The van der Waals surface area contributed by atoms with E-state index < -0.39 is 5.60 Å². The molecule has 1 fully saturated rings. The molecular formula is C26H30N6O. The van der Waals surface area contributed by atoms with Crippen LogP contribution in [0.15, 0.2) is 66.7 Å². The van der Waals surface area contributed by atoms with Crippen LogP contribution in [-0.4, -0.2) is 50.0 Å². The van der Waals surface area contributed by atoms with Crippen LogP contribution in [0.5, 0.6) is 0 Å². The fraction of sp³-hybridized carbons (Fsp3) is 0.346. The molecule has 7 heteroatoms. The third-order valence-electron chi connectivity index (χ3n) is 6.89. The smallest absolute Gasteiger partial charge is 0.178 e. The Bertz CT molecular complexity index is 1190. The summed E-state index contributed by atoms with van der Waals surface area (Å²) in [5.41, 5.74) is 10.1. The normalized spacial score (nSPS) is 17.2. The fourth-order valence-electron chi connectivity index (χ4n) is 5.04. The first-order chi connectivity index (χ1) is 16.1. The second kappa shape index (κ2) is 9.29. The molecule has 0 aliphatic carbocycles. The lowest BCUT2D eigenvalue weighted by Crippen LogP contribution is -2.42. The molecule has 3 heterocycles. The largest absolute Gasteiger partial charge is 0.385 e. The van der Waals surface area contributed by atoms with Crippen molar-refractivity contribution in [1.82, 2.24) is 25.3 Å². The van der Waals surface area contributed by atoms with Crippen LogP contribution in [0.2, 0.25) is 0 Å². The molecule has 0 bridgehead atoms. The number of aromatic amines is 1. The van der Waals surface area contributed by atoms with E-state index in [4.69, 9.17) is 5.73 Å². The Morgan fingerprint density at radius 2 is 1.73 bits per heavy atom. The lowest BCUT2D eigenvalue weighted by atomic mass is 9.84. The molecule has 4 N–H and O–H groups in total. The zero-order chi connectivity index (χ0) is 22.7. The Morgan fingerprint density at radius 1 is 1.03 bits per heavy atom. The summed E-state index contributed by atoms with van der Waals surface area (Å²) < 4.78 is 0. The Labute approximate surface area is 193 Å². The lowest BCUT2D eigenvalue weighted by Gasteiger charge is -2.38. The van der Waals surface area contributed by atoms with Crippen LogP contribution >= 0.6 is 0 Å². The van der Waals surface area contributed by atoms with Crippen LogP contribution in [0, 0.1) is 0 Å². The van der Waals surface area contributed by atoms with Crippen molar-refractivity contribution in [2.24, 2.45) is 0 Å². The molecule has 1 aliphatic rings. The number of fused-ring (bicyclic) bond motifs is 1. The van der Waals surface area contributed by atoms with Gasteiger partial charge in [0.05, 0.1) is 5.60 Å². The van der Waals surface area contributed by atoms with Crippen LogP contribution in [0.4, 0.5) is 5.82 Å². The van der Waals surface area contributed by atoms with Crippen molar-refractivity contribution in [2.75, 3.05) is 25.4 Å². The van der Waals surface area contributed by atoms with Crippen molar-refractivity contribution in [3.05, 3.63) is 83.4 Å². The molecule has 2 aromatic heterocycles. The number of rotatable bonds is 7. The van der Waals surface area contributed by atoms with Gasteiger partial charge in [0.2, 0.25) is 0 Å². The summed E-state index contributed by atoms with van der Waals surface area (Å²) in [4.78, 5) is 6.79. The maximum atomic E-state index is 11.1. The van der Waals surface area contributed by atoms with Gasteiger partial charge in [0.15, 0.2) is 5.65 Å². The maximum absolute atomic E-state index is 11.1. The number of anilines is 1. The molecule has 4 aromatic rings. The molecule has 0 amide bonds. The van der Waals surface area contributed by atoms with Gasteiger partial charge in [-0.3, -0.25) is 0 Å². The fourth-order valence-corrected chi connectivity index (χ4v) is 5.04. The summed E-state index contributed by atoms with van der Waals surface area (Å²) in [5.74, 6) is 0.635. The molecule has 0 saturated carbocycles. The number of nitrogen functional groups attached to an aromatic ring is 1. The first-order valence-corrected chi connectivity index (χ1v) is 11.6. The summed E-state index contributed by atoms with van der Waals surface area (Å²) in [6.07, 6.45) is 3.53. The van der Waals surface area contributed by atoms with Crippen LogP contribution < -0.4 is 5.73 Å². The zero-order valence-electron chi connectivity index (χ0n) is 18.7. The average Bonchev–Trinajstić information content (AvgIpc) is 3.32. The first kappa shape index (κ1) is 21.6. The van der Waals surface area contributed by atoms with Gasteiger partial charge in [-0.1, -0.05) is 65.9 Å². The molecule has 1 atom stereocenters. The molecule has 7 nitrogen and oxygen atoms in total. The predicted molar refractivity (Wildman–Crippen MR) is 130 cm³/mol. The van der Waals surface area contributed by atoms with E-state index in [9.17, 15) is 5.11 Å². The number of nitrogens with zero attached hydrogens (tertiary/aromatic N) is 4. The number of aliphatic hydroxyl groups is 1. The third-order valence-corrected chi connectivity index (χ3v) is 6.89. The SMILES string of the molecule is Nc1cc(C(CCCN2CCC(O)(c3ccccc3)CC2)c2ccccc2)c2nn[nH]c2n1. The number of H-pyrrole nitrogens is 1. The van der Waals surface area contributed by atoms with Gasteiger partial charge in [-0.25, -0.2) is 10.1 Å². The Kier molecular flexibility index (Phi) is 6.07. The number of hydrogen-bond acceptors (Lipinski definition) is 6.